The molecule has 0 fully saturated rings. The summed E-state index contributed by atoms with van der Waals surface area (Å²) in [5, 5.41) is 11.8. The van der Waals surface area contributed by atoms with Crippen LogP contribution >= 0.6 is 0 Å². The maximum absolute atomic E-state index is 12.1. The first-order chi connectivity index (χ1) is 11.1. The minimum absolute atomic E-state index is 0.0496. The number of aliphatic carboxylic acids is 1. The van der Waals surface area contributed by atoms with E-state index in [0.29, 0.717) is 13.1 Å². The van der Waals surface area contributed by atoms with E-state index in [9.17, 15) is 9.59 Å². The molecule has 0 aromatic heterocycles. The average molecular weight is 312 g/mol. The molecule has 5 nitrogen and oxygen atoms in total. The van der Waals surface area contributed by atoms with E-state index in [4.69, 9.17) is 5.11 Å². The highest BCUT2D eigenvalue weighted by atomic mass is 16.4. The van der Waals surface area contributed by atoms with Crippen molar-refractivity contribution >= 4 is 11.9 Å². The van der Waals surface area contributed by atoms with Gasteiger partial charge in [0, 0.05) is 13.1 Å². The molecule has 0 aliphatic heterocycles. The van der Waals surface area contributed by atoms with E-state index >= 15 is 0 Å². The molecular weight excluding hydrogens is 292 g/mol. The van der Waals surface area contributed by atoms with E-state index in [0.717, 1.165) is 11.1 Å². The maximum atomic E-state index is 12.1. The predicted molar refractivity (Wildman–Crippen MR) is 87.6 cm³/mol. The van der Waals surface area contributed by atoms with Crippen molar-refractivity contribution in [3.63, 3.8) is 0 Å². The van der Waals surface area contributed by atoms with Crippen LogP contribution in [0, 0.1) is 0 Å². The summed E-state index contributed by atoms with van der Waals surface area (Å²) in [5.41, 5.74) is 1.98. The van der Waals surface area contributed by atoms with Crippen LogP contribution in [-0.4, -0.2) is 35.0 Å². The predicted octanol–water partition coefficient (Wildman–Crippen LogP) is 1.89. The Bertz CT molecular complexity index is 629. The number of carboxylic acid groups (broad SMARTS) is 1. The minimum atomic E-state index is -0.947. The van der Waals surface area contributed by atoms with E-state index in [1.165, 1.54) is 0 Å². The van der Waals surface area contributed by atoms with Crippen LogP contribution in [0.5, 0.6) is 0 Å². The number of rotatable bonds is 8. The van der Waals surface area contributed by atoms with Crippen molar-refractivity contribution in [1.29, 1.82) is 0 Å². The van der Waals surface area contributed by atoms with Gasteiger partial charge in [-0.3, -0.25) is 14.5 Å². The highest BCUT2D eigenvalue weighted by Crippen LogP contribution is 2.04. The molecule has 2 N–H and O–H groups in total. The zero-order chi connectivity index (χ0) is 16.5. The van der Waals surface area contributed by atoms with Gasteiger partial charge in [-0.2, -0.15) is 0 Å². The summed E-state index contributed by atoms with van der Waals surface area (Å²) >= 11 is 0. The van der Waals surface area contributed by atoms with E-state index in [1.807, 2.05) is 60.7 Å². The highest BCUT2D eigenvalue weighted by molar-refractivity contribution is 5.79. The molecule has 0 saturated carbocycles. The van der Waals surface area contributed by atoms with E-state index in [2.05, 4.69) is 5.32 Å². The number of carboxylic acids is 1. The van der Waals surface area contributed by atoms with E-state index in [-0.39, 0.29) is 19.0 Å². The van der Waals surface area contributed by atoms with Crippen molar-refractivity contribution in [2.24, 2.45) is 0 Å². The Hall–Kier alpha value is -2.66. The monoisotopic (exact) mass is 312 g/mol. The lowest BCUT2D eigenvalue weighted by atomic mass is 10.2. The van der Waals surface area contributed by atoms with Gasteiger partial charge in [0.1, 0.15) is 0 Å². The lowest BCUT2D eigenvalue weighted by molar-refractivity contribution is -0.138. The summed E-state index contributed by atoms with van der Waals surface area (Å²) in [4.78, 5) is 24.6. The molecule has 1 amide bonds. The fourth-order valence-corrected chi connectivity index (χ4v) is 2.26. The lowest BCUT2D eigenvalue weighted by Crippen LogP contribution is -2.39. The summed E-state index contributed by atoms with van der Waals surface area (Å²) < 4.78 is 0. The standard InChI is InChI=1S/C18H20N2O3/c21-17(19-11-15-7-3-1-4-8-15)13-20(14-18(22)23)12-16-9-5-2-6-10-16/h1-10H,11-14H2,(H,19,21)(H,22,23). The van der Waals surface area contributed by atoms with Gasteiger partial charge in [-0.15, -0.1) is 0 Å². The molecule has 0 heterocycles. The smallest absolute Gasteiger partial charge is 0.317 e. The Morgan fingerprint density at radius 1 is 0.870 bits per heavy atom. The molecule has 0 aliphatic rings. The Morgan fingerprint density at radius 3 is 2.00 bits per heavy atom. The van der Waals surface area contributed by atoms with Gasteiger partial charge < -0.3 is 10.4 Å². The third kappa shape index (κ3) is 6.32. The summed E-state index contributed by atoms with van der Waals surface area (Å²) in [6, 6.07) is 19.1. The van der Waals surface area contributed by atoms with E-state index < -0.39 is 5.97 Å². The van der Waals surface area contributed by atoms with Crippen LogP contribution in [0.15, 0.2) is 60.7 Å². The summed E-state index contributed by atoms with van der Waals surface area (Å²) in [5.74, 6) is -1.14. The largest absolute Gasteiger partial charge is 0.480 e. The zero-order valence-corrected chi connectivity index (χ0v) is 12.8. The second-order valence-corrected chi connectivity index (χ2v) is 5.29. The molecule has 5 heteroatoms. The van der Waals surface area contributed by atoms with Crippen molar-refractivity contribution in [2.75, 3.05) is 13.1 Å². The molecule has 0 spiro atoms. The Labute approximate surface area is 135 Å². The van der Waals surface area contributed by atoms with Crippen LogP contribution in [-0.2, 0) is 22.7 Å². The molecule has 0 radical (unpaired) electrons. The number of nitrogens with one attached hydrogen (secondary N) is 1. The van der Waals surface area contributed by atoms with Crippen LogP contribution < -0.4 is 5.32 Å². The van der Waals surface area contributed by atoms with Crippen LogP contribution in [0.1, 0.15) is 11.1 Å². The van der Waals surface area contributed by atoms with Gasteiger partial charge >= 0.3 is 5.97 Å². The van der Waals surface area contributed by atoms with Crippen LogP contribution in [0.2, 0.25) is 0 Å². The molecule has 0 saturated heterocycles. The summed E-state index contributed by atoms with van der Waals surface area (Å²) in [7, 11) is 0. The molecular formula is C18H20N2O3. The molecule has 2 aromatic rings. The zero-order valence-electron chi connectivity index (χ0n) is 12.8. The van der Waals surface area contributed by atoms with Gasteiger partial charge in [-0.25, -0.2) is 0 Å². The first-order valence-corrected chi connectivity index (χ1v) is 7.42. The number of nitrogens with zero attached hydrogens (tertiary/aromatic N) is 1. The molecule has 0 unspecified atom stereocenters. The number of carbonyl (C=O) groups is 2. The number of hydrogen-bond donors (Lipinski definition) is 2. The summed E-state index contributed by atoms with van der Waals surface area (Å²) in [6.45, 7) is 0.736. The van der Waals surface area contributed by atoms with Gasteiger partial charge in [0.05, 0.1) is 13.1 Å². The number of amides is 1. The molecule has 0 atom stereocenters. The van der Waals surface area contributed by atoms with E-state index in [1.54, 1.807) is 4.90 Å². The fraction of sp³-hybridized carbons (Fsp3) is 0.222. The van der Waals surface area contributed by atoms with Crippen molar-refractivity contribution < 1.29 is 14.7 Å². The average Bonchev–Trinajstić information content (AvgIpc) is 2.54. The number of hydrogen-bond acceptors (Lipinski definition) is 3. The van der Waals surface area contributed by atoms with Gasteiger partial charge in [0.15, 0.2) is 0 Å². The quantitative estimate of drug-likeness (QED) is 0.781. The van der Waals surface area contributed by atoms with Crippen molar-refractivity contribution in [3.8, 4) is 0 Å². The summed E-state index contributed by atoms with van der Waals surface area (Å²) in [6.07, 6.45) is 0. The van der Waals surface area contributed by atoms with Crippen molar-refractivity contribution in [3.05, 3.63) is 71.8 Å². The molecule has 2 rings (SSSR count). The highest BCUT2D eigenvalue weighted by Gasteiger charge is 2.14. The topological polar surface area (TPSA) is 69.6 Å². The first-order valence-electron chi connectivity index (χ1n) is 7.42. The third-order valence-corrected chi connectivity index (χ3v) is 3.31. The number of benzene rings is 2. The minimum Gasteiger partial charge on any atom is -0.480 e. The molecule has 23 heavy (non-hydrogen) atoms. The Morgan fingerprint density at radius 2 is 1.43 bits per heavy atom. The van der Waals surface area contributed by atoms with Gasteiger partial charge in [0.2, 0.25) is 5.91 Å². The van der Waals surface area contributed by atoms with Crippen LogP contribution in [0.25, 0.3) is 0 Å². The molecule has 2 aromatic carbocycles. The molecule has 0 bridgehead atoms. The van der Waals surface area contributed by atoms with Gasteiger partial charge in [-0.1, -0.05) is 60.7 Å². The van der Waals surface area contributed by atoms with Crippen molar-refractivity contribution in [2.45, 2.75) is 13.1 Å². The second kappa shape index (κ2) is 8.70. The molecule has 0 aliphatic carbocycles. The SMILES string of the molecule is O=C(O)CN(CC(=O)NCc1ccccc1)Cc1ccccc1. The van der Waals surface area contributed by atoms with Crippen molar-refractivity contribution in [1.82, 2.24) is 10.2 Å². The van der Waals surface area contributed by atoms with Crippen LogP contribution in [0.4, 0.5) is 0 Å². The Kier molecular flexibility index (Phi) is 6.32. The third-order valence-electron chi connectivity index (χ3n) is 3.31. The van der Waals surface area contributed by atoms with Gasteiger partial charge in [0.25, 0.3) is 0 Å². The first kappa shape index (κ1) is 16.7. The van der Waals surface area contributed by atoms with Gasteiger partial charge in [-0.05, 0) is 11.1 Å². The lowest BCUT2D eigenvalue weighted by Gasteiger charge is -2.19. The number of carbonyl (C=O) groups excluding carboxylic acids is 1. The second-order valence-electron chi connectivity index (χ2n) is 5.29. The normalized spacial score (nSPS) is 10.5. The fourth-order valence-electron chi connectivity index (χ4n) is 2.26. The molecule has 120 valence electrons. The maximum Gasteiger partial charge on any atom is 0.317 e. The Balaban J connectivity index is 1.88. The van der Waals surface area contributed by atoms with Crippen LogP contribution in [0.3, 0.4) is 0 Å².